The Balaban J connectivity index is 2.43. The molecule has 1 saturated heterocycles. The monoisotopic (exact) mass is 291 g/mol. The molecule has 0 aromatic carbocycles. The van der Waals surface area contributed by atoms with Crippen molar-refractivity contribution in [1.82, 2.24) is 10.3 Å². The third-order valence-corrected chi connectivity index (χ3v) is 3.55. The van der Waals surface area contributed by atoms with Gasteiger partial charge in [0.15, 0.2) is 0 Å². The highest BCUT2D eigenvalue weighted by Gasteiger charge is 2.25. The number of ether oxygens (including phenoxy) is 1. The Hall–Kier alpha value is -1.62. The minimum Gasteiger partial charge on any atom is -0.459 e. The van der Waals surface area contributed by atoms with Crippen molar-refractivity contribution in [3.8, 4) is 0 Å². The number of hydrogen-bond acceptors (Lipinski definition) is 5. The zero-order valence-electron chi connectivity index (χ0n) is 13.3. The third-order valence-electron chi connectivity index (χ3n) is 3.55. The van der Waals surface area contributed by atoms with E-state index in [9.17, 15) is 4.79 Å². The van der Waals surface area contributed by atoms with Crippen LogP contribution in [-0.4, -0.2) is 43.2 Å². The second-order valence-corrected chi connectivity index (χ2v) is 5.94. The molecule has 1 fully saturated rings. The van der Waals surface area contributed by atoms with Gasteiger partial charge in [0.25, 0.3) is 0 Å². The van der Waals surface area contributed by atoms with Crippen LogP contribution in [0.25, 0.3) is 0 Å². The Morgan fingerprint density at radius 3 is 2.52 bits per heavy atom. The molecule has 2 heterocycles. The maximum Gasteiger partial charge on any atom is 0.342 e. The van der Waals surface area contributed by atoms with Gasteiger partial charge in [0.1, 0.15) is 11.4 Å². The van der Waals surface area contributed by atoms with Crippen molar-refractivity contribution in [2.45, 2.75) is 39.7 Å². The van der Waals surface area contributed by atoms with E-state index in [2.05, 4.69) is 29.0 Å². The van der Waals surface area contributed by atoms with Crippen LogP contribution in [0.5, 0.6) is 0 Å². The van der Waals surface area contributed by atoms with Crippen LogP contribution in [0.3, 0.4) is 0 Å². The van der Waals surface area contributed by atoms with Crippen LogP contribution in [0.15, 0.2) is 12.3 Å². The first-order valence-corrected chi connectivity index (χ1v) is 7.66. The molecular formula is C16H25N3O2. The van der Waals surface area contributed by atoms with Crippen LogP contribution in [0.4, 0.5) is 5.82 Å². The molecule has 0 aliphatic carbocycles. The van der Waals surface area contributed by atoms with Crippen LogP contribution in [0, 0.1) is 0 Å². The first-order valence-electron chi connectivity index (χ1n) is 7.66. The van der Waals surface area contributed by atoms with E-state index in [1.165, 1.54) is 0 Å². The Bertz CT molecular complexity index is 494. The summed E-state index contributed by atoms with van der Waals surface area (Å²) in [4.78, 5) is 19.2. The summed E-state index contributed by atoms with van der Waals surface area (Å²) in [5, 5.41) is 3.32. The summed E-state index contributed by atoms with van der Waals surface area (Å²) in [5.41, 5.74) is 1.63. The number of carbonyl (C=O) groups excluding carboxylic acids is 1. The molecule has 1 aliphatic heterocycles. The summed E-state index contributed by atoms with van der Waals surface area (Å²) < 4.78 is 5.44. The van der Waals surface area contributed by atoms with Gasteiger partial charge in [-0.1, -0.05) is 13.8 Å². The van der Waals surface area contributed by atoms with Crippen molar-refractivity contribution >= 4 is 11.8 Å². The topological polar surface area (TPSA) is 54.5 Å². The van der Waals surface area contributed by atoms with Crippen LogP contribution in [0.2, 0.25) is 0 Å². The number of nitrogens with one attached hydrogen (secondary N) is 1. The summed E-state index contributed by atoms with van der Waals surface area (Å²) in [6.45, 7) is 11.4. The average molecular weight is 291 g/mol. The molecule has 5 nitrogen and oxygen atoms in total. The summed E-state index contributed by atoms with van der Waals surface area (Å²) in [5.74, 6) is 0.744. The Morgan fingerprint density at radius 2 is 1.95 bits per heavy atom. The second-order valence-electron chi connectivity index (χ2n) is 5.94. The van der Waals surface area contributed by atoms with Crippen LogP contribution >= 0.6 is 0 Å². The van der Waals surface area contributed by atoms with Crippen LogP contribution in [0.1, 0.15) is 49.5 Å². The molecular weight excluding hydrogens is 266 g/mol. The van der Waals surface area contributed by atoms with Crippen molar-refractivity contribution in [1.29, 1.82) is 0 Å². The zero-order valence-corrected chi connectivity index (χ0v) is 13.3. The lowest BCUT2D eigenvalue weighted by atomic mass is 9.98. The molecule has 1 aromatic heterocycles. The lowest BCUT2D eigenvalue weighted by molar-refractivity contribution is 0.0376. The van der Waals surface area contributed by atoms with Gasteiger partial charge >= 0.3 is 5.97 Å². The fourth-order valence-electron chi connectivity index (χ4n) is 2.54. The molecule has 1 aliphatic rings. The number of carbonyl (C=O) groups is 1. The van der Waals surface area contributed by atoms with Crippen molar-refractivity contribution < 1.29 is 9.53 Å². The molecule has 0 unspecified atom stereocenters. The van der Waals surface area contributed by atoms with Gasteiger partial charge in [-0.25, -0.2) is 9.78 Å². The number of aromatic nitrogens is 1. The third kappa shape index (κ3) is 3.73. The van der Waals surface area contributed by atoms with Gasteiger partial charge in [0.05, 0.1) is 6.10 Å². The number of anilines is 1. The first kappa shape index (κ1) is 15.8. The Labute approximate surface area is 126 Å². The van der Waals surface area contributed by atoms with E-state index in [0.29, 0.717) is 5.56 Å². The number of esters is 1. The normalized spacial score (nSPS) is 15.6. The van der Waals surface area contributed by atoms with E-state index in [-0.39, 0.29) is 18.0 Å². The minimum atomic E-state index is -0.268. The van der Waals surface area contributed by atoms with Crippen molar-refractivity contribution in [2.24, 2.45) is 0 Å². The van der Waals surface area contributed by atoms with Gasteiger partial charge < -0.3 is 15.0 Å². The molecule has 0 spiro atoms. The minimum absolute atomic E-state index is 0.131. The lowest BCUT2D eigenvalue weighted by Gasteiger charge is -2.30. The summed E-state index contributed by atoms with van der Waals surface area (Å²) >= 11 is 0. The Kier molecular flexibility index (Phi) is 5.17. The van der Waals surface area contributed by atoms with Gasteiger partial charge in [0.2, 0.25) is 0 Å². The van der Waals surface area contributed by atoms with E-state index in [1.807, 2.05) is 19.9 Å². The van der Waals surface area contributed by atoms with Gasteiger partial charge in [-0.05, 0) is 31.4 Å². The van der Waals surface area contributed by atoms with E-state index in [0.717, 1.165) is 37.6 Å². The highest BCUT2D eigenvalue weighted by atomic mass is 16.5. The number of pyridine rings is 1. The standard InChI is InChI=1S/C16H25N3O2/c1-11(2)13-5-6-18-15(19-9-7-17-8-10-19)14(13)16(20)21-12(3)4/h5-6,11-12,17H,7-10H2,1-4H3. The van der Waals surface area contributed by atoms with Crippen molar-refractivity contribution in [3.63, 3.8) is 0 Å². The maximum absolute atomic E-state index is 12.5. The fraction of sp³-hybridized carbons (Fsp3) is 0.625. The molecule has 0 atom stereocenters. The number of piperazine rings is 1. The van der Waals surface area contributed by atoms with Gasteiger partial charge in [-0.2, -0.15) is 0 Å². The molecule has 5 heteroatoms. The first-order chi connectivity index (χ1) is 10.0. The van der Waals surface area contributed by atoms with E-state index in [4.69, 9.17) is 4.74 Å². The molecule has 116 valence electrons. The predicted octanol–water partition coefficient (Wildman–Crippen LogP) is 2.18. The van der Waals surface area contributed by atoms with Gasteiger partial charge in [-0.3, -0.25) is 0 Å². The molecule has 1 N–H and O–H groups in total. The SMILES string of the molecule is CC(C)OC(=O)c1c(C(C)C)ccnc1N1CCNCC1. The fourth-order valence-corrected chi connectivity index (χ4v) is 2.54. The van der Waals surface area contributed by atoms with E-state index in [1.54, 1.807) is 6.20 Å². The smallest absolute Gasteiger partial charge is 0.342 e. The lowest BCUT2D eigenvalue weighted by Crippen LogP contribution is -2.44. The highest BCUT2D eigenvalue weighted by Crippen LogP contribution is 2.28. The van der Waals surface area contributed by atoms with Crippen LogP contribution < -0.4 is 10.2 Å². The van der Waals surface area contributed by atoms with E-state index >= 15 is 0 Å². The molecule has 0 saturated carbocycles. The maximum atomic E-state index is 12.5. The average Bonchev–Trinajstić information content (AvgIpc) is 2.46. The number of rotatable bonds is 4. The second kappa shape index (κ2) is 6.89. The molecule has 0 amide bonds. The largest absolute Gasteiger partial charge is 0.459 e. The molecule has 0 bridgehead atoms. The van der Waals surface area contributed by atoms with Crippen molar-refractivity contribution in [2.75, 3.05) is 31.1 Å². The summed E-state index contributed by atoms with van der Waals surface area (Å²) in [6.07, 6.45) is 1.66. The van der Waals surface area contributed by atoms with Gasteiger partial charge in [-0.15, -0.1) is 0 Å². The predicted molar refractivity (Wildman–Crippen MR) is 84.0 cm³/mol. The molecule has 1 aromatic rings. The number of nitrogens with zero attached hydrogens (tertiary/aromatic N) is 2. The summed E-state index contributed by atoms with van der Waals surface area (Å²) in [6, 6.07) is 1.92. The molecule has 0 radical (unpaired) electrons. The van der Waals surface area contributed by atoms with Crippen LogP contribution in [-0.2, 0) is 4.74 Å². The number of hydrogen-bond donors (Lipinski definition) is 1. The Morgan fingerprint density at radius 1 is 1.29 bits per heavy atom. The molecule has 21 heavy (non-hydrogen) atoms. The van der Waals surface area contributed by atoms with Crippen molar-refractivity contribution in [3.05, 3.63) is 23.4 Å². The highest BCUT2D eigenvalue weighted by molar-refractivity contribution is 5.96. The van der Waals surface area contributed by atoms with Gasteiger partial charge in [0, 0.05) is 32.4 Å². The van der Waals surface area contributed by atoms with E-state index < -0.39 is 0 Å². The summed E-state index contributed by atoms with van der Waals surface area (Å²) in [7, 11) is 0. The quantitative estimate of drug-likeness (QED) is 0.862. The molecule has 2 rings (SSSR count). The zero-order chi connectivity index (χ0) is 15.4.